The Hall–Kier alpha value is -0.170. The maximum atomic E-state index is 11.7. The van der Waals surface area contributed by atoms with E-state index in [1.165, 1.54) is 17.1 Å². The van der Waals surface area contributed by atoms with Crippen LogP contribution in [-0.4, -0.2) is 44.9 Å². The van der Waals surface area contributed by atoms with Gasteiger partial charge in [0.1, 0.15) is 0 Å². The molecule has 94 valence electrons. The van der Waals surface area contributed by atoms with Gasteiger partial charge >= 0.3 is 0 Å². The summed E-state index contributed by atoms with van der Waals surface area (Å²) in [4.78, 5) is 0. The minimum atomic E-state index is -3.23. The van der Waals surface area contributed by atoms with E-state index in [4.69, 9.17) is 0 Å². The Labute approximate surface area is 97.8 Å². The molecule has 0 atom stereocenters. The number of hydrogen-bond acceptors (Lipinski definition) is 3. The van der Waals surface area contributed by atoms with E-state index in [0.29, 0.717) is 12.6 Å². The highest BCUT2D eigenvalue weighted by atomic mass is 32.2. The Bertz CT molecular complexity index is 323. The van der Waals surface area contributed by atoms with Crippen molar-refractivity contribution >= 4 is 10.2 Å². The molecule has 2 N–H and O–H groups in total. The molecule has 16 heavy (non-hydrogen) atoms. The van der Waals surface area contributed by atoms with Gasteiger partial charge in [-0.15, -0.1) is 0 Å². The van der Waals surface area contributed by atoms with E-state index < -0.39 is 10.2 Å². The van der Waals surface area contributed by atoms with E-state index in [0.717, 1.165) is 25.8 Å². The number of nitrogens with zero attached hydrogens (tertiary/aromatic N) is 1. The van der Waals surface area contributed by atoms with E-state index in [1.54, 1.807) is 7.05 Å². The minimum absolute atomic E-state index is 0.192. The van der Waals surface area contributed by atoms with E-state index in [2.05, 4.69) is 10.0 Å². The van der Waals surface area contributed by atoms with Gasteiger partial charge < -0.3 is 5.32 Å². The molecule has 2 fully saturated rings. The second kappa shape index (κ2) is 5.00. The van der Waals surface area contributed by atoms with Crippen molar-refractivity contribution in [3.63, 3.8) is 0 Å². The normalized spacial score (nSPS) is 21.6. The molecule has 0 aromatic carbocycles. The van der Waals surface area contributed by atoms with Crippen molar-refractivity contribution in [1.82, 2.24) is 14.3 Å². The average molecular weight is 247 g/mol. The zero-order valence-electron chi connectivity index (χ0n) is 9.78. The van der Waals surface area contributed by atoms with Gasteiger partial charge in [0, 0.05) is 25.7 Å². The molecular weight excluding hydrogens is 226 g/mol. The van der Waals surface area contributed by atoms with Crippen LogP contribution in [0, 0.1) is 0 Å². The average Bonchev–Trinajstić information content (AvgIpc) is 3.04. The molecule has 0 aromatic heterocycles. The molecule has 0 radical (unpaired) electrons. The zero-order valence-corrected chi connectivity index (χ0v) is 10.6. The molecular formula is C10H21N3O2S. The summed E-state index contributed by atoms with van der Waals surface area (Å²) in [6, 6.07) is 0.892. The maximum Gasteiger partial charge on any atom is 0.279 e. The second-order valence-electron chi connectivity index (χ2n) is 4.80. The van der Waals surface area contributed by atoms with Gasteiger partial charge in [0.05, 0.1) is 0 Å². The van der Waals surface area contributed by atoms with Crippen LogP contribution in [0.25, 0.3) is 0 Å². The number of nitrogens with one attached hydrogen (secondary N) is 2. The largest absolute Gasteiger partial charge is 0.314 e. The van der Waals surface area contributed by atoms with Crippen LogP contribution < -0.4 is 10.0 Å². The molecule has 2 aliphatic rings. The molecule has 2 aliphatic carbocycles. The molecule has 0 amide bonds. The number of hydrogen-bond donors (Lipinski definition) is 2. The van der Waals surface area contributed by atoms with Gasteiger partial charge in [0.25, 0.3) is 10.2 Å². The van der Waals surface area contributed by atoms with Crippen molar-refractivity contribution in [3.8, 4) is 0 Å². The highest BCUT2D eigenvalue weighted by Crippen LogP contribution is 2.20. The van der Waals surface area contributed by atoms with Crippen LogP contribution in [0.2, 0.25) is 0 Å². The van der Waals surface area contributed by atoms with Gasteiger partial charge in [-0.3, -0.25) is 0 Å². The maximum absolute atomic E-state index is 11.7. The lowest BCUT2D eigenvalue weighted by Crippen LogP contribution is -2.40. The monoisotopic (exact) mass is 247 g/mol. The van der Waals surface area contributed by atoms with Crippen LogP contribution in [-0.2, 0) is 10.2 Å². The summed E-state index contributed by atoms with van der Waals surface area (Å²) in [5.74, 6) is 0. The molecule has 0 saturated heterocycles. The van der Waals surface area contributed by atoms with Crippen molar-refractivity contribution in [2.45, 2.75) is 44.2 Å². The van der Waals surface area contributed by atoms with Crippen molar-refractivity contribution in [3.05, 3.63) is 0 Å². The van der Waals surface area contributed by atoms with Crippen LogP contribution in [0.3, 0.4) is 0 Å². The summed E-state index contributed by atoms with van der Waals surface area (Å²) in [7, 11) is -1.59. The third kappa shape index (κ3) is 4.01. The molecule has 2 rings (SSSR count). The Kier molecular flexibility index (Phi) is 3.84. The smallest absolute Gasteiger partial charge is 0.279 e. The van der Waals surface area contributed by atoms with E-state index in [9.17, 15) is 8.42 Å². The molecule has 5 nitrogen and oxygen atoms in total. The van der Waals surface area contributed by atoms with Crippen molar-refractivity contribution in [2.75, 3.05) is 20.1 Å². The summed E-state index contributed by atoms with van der Waals surface area (Å²) >= 11 is 0. The first-order valence-corrected chi connectivity index (χ1v) is 7.49. The van der Waals surface area contributed by atoms with Crippen LogP contribution in [0.1, 0.15) is 32.1 Å². The first-order chi connectivity index (χ1) is 7.58. The third-order valence-electron chi connectivity index (χ3n) is 2.96. The van der Waals surface area contributed by atoms with E-state index in [-0.39, 0.29) is 6.04 Å². The first kappa shape index (κ1) is 12.3. The van der Waals surface area contributed by atoms with Crippen LogP contribution in [0.5, 0.6) is 0 Å². The Morgan fingerprint density at radius 3 is 2.38 bits per heavy atom. The zero-order chi connectivity index (χ0) is 11.6. The summed E-state index contributed by atoms with van der Waals surface area (Å²) in [5, 5.41) is 3.37. The quantitative estimate of drug-likeness (QED) is 0.596. The topological polar surface area (TPSA) is 61.4 Å². The Morgan fingerprint density at radius 1 is 1.19 bits per heavy atom. The predicted octanol–water partition coefficient (Wildman–Crippen LogP) is 0.0571. The molecule has 0 bridgehead atoms. The Balaban J connectivity index is 1.62. The van der Waals surface area contributed by atoms with Gasteiger partial charge in [-0.1, -0.05) is 0 Å². The Morgan fingerprint density at radius 2 is 1.81 bits per heavy atom. The van der Waals surface area contributed by atoms with Gasteiger partial charge in [-0.2, -0.15) is 17.4 Å². The molecule has 0 aromatic rings. The van der Waals surface area contributed by atoms with Crippen molar-refractivity contribution < 1.29 is 8.42 Å². The molecule has 2 saturated carbocycles. The van der Waals surface area contributed by atoms with E-state index in [1.807, 2.05) is 0 Å². The predicted molar refractivity (Wildman–Crippen MR) is 63.3 cm³/mol. The van der Waals surface area contributed by atoms with Crippen molar-refractivity contribution in [1.29, 1.82) is 0 Å². The summed E-state index contributed by atoms with van der Waals surface area (Å²) in [5.41, 5.74) is 0. The fourth-order valence-electron chi connectivity index (χ4n) is 1.52. The van der Waals surface area contributed by atoms with Gasteiger partial charge in [-0.25, -0.2) is 0 Å². The highest BCUT2D eigenvalue weighted by molar-refractivity contribution is 7.87. The van der Waals surface area contributed by atoms with Crippen LogP contribution >= 0.6 is 0 Å². The van der Waals surface area contributed by atoms with E-state index >= 15 is 0 Å². The third-order valence-corrected chi connectivity index (χ3v) is 4.60. The van der Waals surface area contributed by atoms with Gasteiger partial charge in [0.15, 0.2) is 0 Å². The first-order valence-electron chi connectivity index (χ1n) is 6.05. The molecule has 0 aliphatic heterocycles. The summed E-state index contributed by atoms with van der Waals surface area (Å²) in [6.45, 7) is 1.50. The van der Waals surface area contributed by atoms with Crippen LogP contribution in [0.15, 0.2) is 0 Å². The minimum Gasteiger partial charge on any atom is -0.314 e. The summed E-state index contributed by atoms with van der Waals surface area (Å²) in [6.07, 6.45) is 5.39. The fourth-order valence-corrected chi connectivity index (χ4v) is 2.72. The highest BCUT2D eigenvalue weighted by Gasteiger charge is 2.29. The standard InChI is InChI=1S/C10H21N3O2S/c1-13(8-2-7-11-9-3-4-9)16(14,15)12-10-5-6-10/h9-12H,2-8H2,1H3. The van der Waals surface area contributed by atoms with Crippen LogP contribution in [0.4, 0.5) is 0 Å². The lowest BCUT2D eigenvalue weighted by atomic mass is 10.4. The lowest BCUT2D eigenvalue weighted by molar-refractivity contribution is 0.444. The fraction of sp³-hybridized carbons (Fsp3) is 1.00. The lowest BCUT2D eigenvalue weighted by Gasteiger charge is -2.17. The van der Waals surface area contributed by atoms with Gasteiger partial charge in [0.2, 0.25) is 0 Å². The summed E-state index contributed by atoms with van der Waals surface area (Å²) < 4.78 is 27.5. The molecule has 6 heteroatoms. The molecule has 0 spiro atoms. The molecule has 0 heterocycles. The number of rotatable bonds is 8. The van der Waals surface area contributed by atoms with Crippen molar-refractivity contribution in [2.24, 2.45) is 0 Å². The second-order valence-corrected chi connectivity index (χ2v) is 6.61. The SMILES string of the molecule is CN(CCCNC1CC1)S(=O)(=O)NC1CC1. The van der Waals surface area contributed by atoms with Gasteiger partial charge in [-0.05, 0) is 38.6 Å². The molecule has 0 unspecified atom stereocenters.